The van der Waals surface area contributed by atoms with Crippen molar-refractivity contribution >= 4 is 11.4 Å². The fraction of sp³-hybridized carbons (Fsp3) is 0.625. The topological polar surface area (TPSA) is 38.5 Å². The van der Waals surface area contributed by atoms with Gasteiger partial charge in [-0.1, -0.05) is 6.92 Å². The first-order valence-corrected chi connectivity index (χ1v) is 7.31. The van der Waals surface area contributed by atoms with Gasteiger partial charge in [0.1, 0.15) is 5.75 Å². The number of rotatable bonds is 3. The summed E-state index contributed by atoms with van der Waals surface area (Å²) in [4.78, 5) is 2.46. The predicted molar refractivity (Wildman–Crippen MR) is 81.8 cm³/mol. The first-order valence-electron chi connectivity index (χ1n) is 7.31. The van der Waals surface area contributed by atoms with Gasteiger partial charge in [0.05, 0.1) is 6.10 Å². The quantitative estimate of drug-likeness (QED) is 0.844. The summed E-state index contributed by atoms with van der Waals surface area (Å²) in [5.41, 5.74) is 7.98. The minimum atomic E-state index is 0.173. The van der Waals surface area contributed by atoms with Crippen molar-refractivity contribution in [3.05, 3.63) is 18.2 Å². The van der Waals surface area contributed by atoms with E-state index in [4.69, 9.17) is 10.5 Å². The van der Waals surface area contributed by atoms with Crippen molar-refractivity contribution in [2.75, 3.05) is 17.2 Å². The van der Waals surface area contributed by atoms with E-state index in [9.17, 15) is 0 Å². The summed E-state index contributed by atoms with van der Waals surface area (Å²) in [5.74, 6) is 1.60. The smallest absolute Gasteiger partial charge is 0.123 e. The number of nitrogens with zero attached hydrogens (tertiary/aromatic N) is 1. The van der Waals surface area contributed by atoms with Gasteiger partial charge in [0.2, 0.25) is 0 Å². The number of piperidine rings is 1. The molecule has 19 heavy (non-hydrogen) atoms. The third kappa shape index (κ3) is 3.34. The van der Waals surface area contributed by atoms with E-state index in [2.05, 4.69) is 30.9 Å². The van der Waals surface area contributed by atoms with E-state index >= 15 is 0 Å². The summed E-state index contributed by atoms with van der Waals surface area (Å²) < 4.78 is 5.78. The van der Waals surface area contributed by atoms with Crippen molar-refractivity contribution in [3.63, 3.8) is 0 Å². The Hall–Kier alpha value is -1.38. The van der Waals surface area contributed by atoms with Gasteiger partial charge in [0, 0.05) is 36.1 Å². The summed E-state index contributed by atoms with van der Waals surface area (Å²) >= 11 is 0. The molecule has 0 spiro atoms. The Kier molecular flexibility index (Phi) is 4.23. The van der Waals surface area contributed by atoms with E-state index < -0.39 is 0 Å². The van der Waals surface area contributed by atoms with Crippen LogP contribution in [0.3, 0.4) is 0 Å². The van der Waals surface area contributed by atoms with E-state index in [0.29, 0.717) is 6.04 Å². The SMILES string of the molecule is CC(C)Oc1cc(N)cc(N2CCCC(C)C2C)c1. The zero-order chi connectivity index (χ0) is 14.0. The Morgan fingerprint density at radius 3 is 2.68 bits per heavy atom. The van der Waals surface area contributed by atoms with Crippen LogP contribution in [0.1, 0.15) is 40.5 Å². The number of benzene rings is 1. The zero-order valence-corrected chi connectivity index (χ0v) is 12.5. The van der Waals surface area contributed by atoms with Gasteiger partial charge in [-0.3, -0.25) is 0 Å². The molecule has 1 aliphatic rings. The molecule has 106 valence electrons. The lowest BCUT2D eigenvalue weighted by Crippen LogP contribution is -2.42. The fourth-order valence-electron chi connectivity index (χ4n) is 2.81. The van der Waals surface area contributed by atoms with Crippen molar-refractivity contribution < 1.29 is 4.74 Å². The average molecular weight is 262 g/mol. The highest BCUT2D eigenvalue weighted by molar-refractivity contribution is 5.61. The molecule has 2 rings (SSSR count). The Bertz CT molecular complexity index is 431. The van der Waals surface area contributed by atoms with Crippen LogP contribution >= 0.6 is 0 Å². The van der Waals surface area contributed by atoms with Gasteiger partial charge in [0.15, 0.2) is 0 Å². The highest BCUT2D eigenvalue weighted by Crippen LogP contribution is 2.32. The Morgan fingerprint density at radius 2 is 2.00 bits per heavy atom. The van der Waals surface area contributed by atoms with E-state index in [1.807, 2.05) is 19.9 Å². The summed E-state index contributed by atoms with van der Waals surface area (Å²) in [5, 5.41) is 0. The molecule has 1 aromatic carbocycles. The first kappa shape index (κ1) is 14.0. The second-order valence-corrected chi connectivity index (χ2v) is 5.98. The second kappa shape index (κ2) is 5.72. The maximum Gasteiger partial charge on any atom is 0.123 e. The Balaban J connectivity index is 2.25. The van der Waals surface area contributed by atoms with Crippen molar-refractivity contribution in [2.45, 2.75) is 52.7 Å². The molecule has 1 saturated heterocycles. The van der Waals surface area contributed by atoms with Crippen LogP contribution in [-0.2, 0) is 0 Å². The summed E-state index contributed by atoms with van der Waals surface area (Å²) in [6.07, 6.45) is 2.74. The average Bonchev–Trinajstić information content (AvgIpc) is 2.31. The third-order valence-electron chi connectivity index (χ3n) is 3.99. The lowest BCUT2D eigenvalue weighted by atomic mass is 9.91. The van der Waals surface area contributed by atoms with Crippen LogP contribution in [0.15, 0.2) is 18.2 Å². The molecule has 2 atom stereocenters. The molecular weight excluding hydrogens is 236 g/mol. The number of ether oxygens (including phenoxy) is 1. The molecule has 3 nitrogen and oxygen atoms in total. The third-order valence-corrected chi connectivity index (χ3v) is 3.99. The van der Waals surface area contributed by atoms with Crippen molar-refractivity contribution in [1.29, 1.82) is 0 Å². The molecule has 0 saturated carbocycles. The highest BCUT2D eigenvalue weighted by atomic mass is 16.5. The number of nitrogens with two attached hydrogens (primary N) is 1. The highest BCUT2D eigenvalue weighted by Gasteiger charge is 2.25. The normalized spacial score (nSPS) is 23.7. The van der Waals surface area contributed by atoms with Gasteiger partial charge < -0.3 is 15.4 Å². The van der Waals surface area contributed by atoms with Crippen molar-refractivity contribution in [1.82, 2.24) is 0 Å². The summed E-state index contributed by atoms with van der Waals surface area (Å²) in [7, 11) is 0. The maximum absolute atomic E-state index is 6.02. The Labute approximate surface area is 116 Å². The molecular formula is C16H26N2O. The standard InChI is InChI=1S/C16H26N2O/c1-11(2)19-16-9-14(17)8-15(10-16)18-7-5-6-12(3)13(18)4/h8-13H,5-7,17H2,1-4H3. The maximum atomic E-state index is 6.02. The van der Waals surface area contributed by atoms with Gasteiger partial charge in [-0.25, -0.2) is 0 Å². The largest absolute Gasteiger partial charge is 0.491 e. The minimum Gasteiger partial charge on any atom is -0.491 e. The molecule has 2 N–H and O–H groups in total. The number of nitrogen functional groups attached to an aromatic ring is 1. The Morgan fingerprint density at radius 1 is 1.26 bits per heavy atom. The van der Waals surface area contributed by atoms with Gasteiger partial charge in [0.25, 0.3) is 0 Å². The molecule has 0 radical (unpaired) electrons. The second-order valence-electron chi connectivity index (χ2n) is 5.98. The monoisotopic (exact) mass is 262 g/mol. The molecule has 2 unspecified atom stereocenters. The molecule has 0 amide bonds. The van der Waals surface area contributed by atoms with Crippen LogP contribution in [0.25, 0.3) is 0 Å². The van der Waals surface area contributed by atoms with Gasteiger partial charge in [-0.2, -0.15) is 0 Å². The van der Waals surface area contributed by atoms with E-state index in [1.165, 1.54) is 18.5 Å². The van der Waals surface area contributed by atoms with Gasteiger partial charge >= 0.3 is 0 Å². The molecule has 3 heteroatoms. The van der Waals surface area contributed by atoms with Crippen LogP contribution in [0.5, 0.6) is 5.75 Å². The first-order chi connectivity index (χ1) is 8.97. The minimum absolute atomic E-state index is 0.173. The number of anilines is 2. The summed E-state index contributed by atoms with van der Waals surface area (Å²) in [6.45, 7) is 9.81. The van der Waals surface area contributed by atoms with Crippen LogP contribution in [0.2, 0.25) is 0 Å². The van der Waals surface area contributed by atoms with Crippen molar-refractivity contribution in [3.8, 4) is 5.75 Å². The molecule has 1 aromatic rings. The lowest BCUT2D eigenvalue weighted by molar-refractivity contribution is 0.242. The summed E-state index contributed by atoms with van der Waals surface area (Å²) in [6, 6.07) is 6.64. The van der Waals surface area contributed by atoms with Crippen LogP contribution in [0.4, 0.5) is 11.4 Å². The van der Waals surface area contributed by atoms with Gasteiger partial charge in [-0.05, 0) is 45.6 Å². The van der Waals surface area contributed by atoms with Crippen molar-refractivity contribution in [2.24, 2.45) is 5.92 Å². The van der Waals surface area contributed by atoms with Crippen LogP contribution in [0, 0.1) is 5.92 Å². The predicted octanol–water partition coefficient (Wildman–Crippen LogP) is 3.68. The van der Waals surface area contributed by atoms with Gasteiger partial charge in [-0.15, -0.1) is 0 Å². The van der Waals surface area contributed by atoms with E-state index in [1.54, 1.807) is 0 Å². The van der Waals surface area contributed by atoms with E-state index in [0.717, 1.165) is 23.9 Å². The molecule has 1 aliphatic heterocycles. The molecule has 0 bridgehead atoms. The number of hydrogen-bond acceptors (Lipinski definition) is 3. The van der Waals surface area contributed by atoms with E-state index in [-0.39, 0.29) is 6.10 Å². The zero-order valence-electron chi connectivity index (χ0n) is 12.5. The molecule has 1 fully saturated rings. The fourth-order valence-corrected chi connectivity index (χ4v) is 2.81. The molecule has 0 aliphatic carbocycles. The molecule has 1 heterocycles. The molecule has 0 aromatic heterocycles. The lowest BCUT2D eigenvalue weighted by Gasteiger charge is -2.40. The van der Waals surface area contributed by atoms with Crippen LogP contribution in [-0.4, -0.2) is 18.7 Å². The van der Waals surface area contributed by atoms with Crippen LogP contribution < -0.4 is 15.4 Å². The number of hydrogen-bond donors (Lipinski definition) is 1.